The van der Waals surface area contributed by atoms with Crippen molar-refractivity contribution in [3.05, 3.63) is 57.2 Å². The van der Waals surface area contributed by atoms with Crippen molar-refractivity contribution >= 4 is 22.9 Å². The van der Waals surface area contributed by atoms with Gasteiger partial charge < -0.3 is 5.32 Å². The molecule has 0 aliphatic carbocycles. The average Bonchev–Trinajstić information content (AvgIpc) is 2.83. The van der Waals surface area contributed by atoms with Gasteiger partial charge in [0.05, 0.1) is 10.8 Å². The Balaban J connectivity index is 1.96. The van der Waals surface area contributed by atoms with Gasteiger partial charge in [-0.15, -0.1) is 11.3 Å². The highest BCUT2D eigenvalue weighted by atomic mass is 35.5. The predicted molar refractivity (Wildman–Crippen MR) is 80.9 cm³/mol. The lowest BCUT2D eigenvalue weighted by molar-refractivity contribution is -0.140. The largest absolute Gasteiger partial charge is 0.390 e. The van der Waals surface area contributed by atoms with Gasteiger partial charge in [0.15, 0.2) is 0 Å². The Kier molecular flexibility index (Phi) is 5.67. The van der Waals surface area contributed by atoms with Crippen molar-refractivity contribution in [1.29, 1.82) is 0 Å². The van der Waals surface area contributed by atoms with Crippen LogP contribution < -0.4 is 5.32 Å². The fourth-order valence-corrected chi connectivity index (χ4v) is 3.17. The maximum absolute atomic E-state index is 12.7. The van der Waals surface area contributed by atoms with E-state index >= 15 is 0 Å². The lowest BCUT2D eigenvalue weighted by Gasteiger charge is -2.20. The summed E-state index contributed by atoms with van der Waals surface area (Å²) in [6.07, 6.45) is -4.40. The number of alkyl halides is 3. The third-order valence-electron chi connectivity index (χ3n) is 3.03. The Morgan fingerprint density at radius 3 is 2.38 bits per heavy atom. The number of nitrogens with one attached hydrogen (secondary N) is 1. The van der Waals surface area contributed by atoms with Gasteiger partial charge in [-0.25, -0.2) is 0 Å². The minimum atomic E-state index is -4.19. The molecule has 0 spiro atoms. The van der Waals surface area contributed by atoms with E-state index in [1.165, 1.54) is 11.3 Å². The van der Waals surface area contributed by atoms with Crippen LogP contribution in [0, 0.1) is 0 Å². The molecule has 0 radical (unpaired) electrons. The third kappa shape index (κ3) is 5.69. The molecule has 1 unspecified atom stereocenters. The molecule has 0 saturated carbocycles. The molecule has 2 rings (SSSR count). The van der Waals surface area contributed by atoms with E-state index in [0.29, 0.717) is 22.9 Å². The summed E-state index contributed by atoms with van der Waals surface area (Å²) < 4.78 is 38.8. The van der Waals surface area contributed by atoms with Crippen LogP contribution >= 0.6 is 22.9 Å². The average molecular weight is 334 g/mol. The maximum Gasteiger partial charge on any atom is 0.390 e. The molecule has 1 nitrogen and oxygen atoms in total. The predicted octanol–water partition coefficient (Wildman–Crippen LogP) is 5.23. The van der Waals surface area contributed by atoms with E-state index in [0.717, 1.165) is 4.88 Å². The summed E-state index contributed by atoms with van der Waals surface area (Å²) in [5.74, 6) is 0. The van der Waals surface area contributed by atoms with Gasteiger partial charge in [-0.3, -0.25) is 0 Å². The summed E-state index contributed by atoms with van der Waals surface area (Å²) in [6, 6.07) is 11.7. The van der Waals surface area contributed by atoms with Crippen LogP contribution in [-0.4, -0.2) is 12.7 Å². The van der Waals surface area contributed by atoms with Crippen LogP contribution in [0.5, 0.6) is 0 Å². The Bertz CT molecular complexity index is 554. The van der Waals surface area contributed by atoms with E-state index in [-0.39, 0.29) is 0 Å². The summed E-state index contributed by atoms with van der Waals surface area (Å²) in [5, 5.41) is 2.99. The van der Waals surface area contributed by atoms with E-state index in [9.17, 15) is 13.2 Å². The summed E-state index contributed by atoms with van der Waals surface area (Å²) in [6.45, 7) is 0.479. The molecule has 1 aromatic carbocycles. The van der Waals surface area contributed by atoms with Crippen molar-refractivity contribution in [2.75, 3.05) is 6.54 Å². The third-order valence-corrected chi connectivity index (χ3v) is 4.32. The SMILES string of the molecule is FC(F)(F)CC(NCCc1ccc(Cl)s1)c1ccccc1. The molecule has 2 aromatic rings. The molecule has 114 valence electrons. The zero-order valence-corrected chi connectivity index (χ0v) is 12.7. The van der Waals surface area contributed by atoms with Crippen molar-refractivity contribution < 1.29 is 13.2 Å². The summed E-state index contributed by atoms with van der Waals surface area (Å²) >= 11 is 7.29. The first-order chi connectivity index (χ1) is 9.94. The van der Waals surface area contributed by atoms with Crippen molar-refractivity contribution in [3.8, 4) is 0 Å². The van der Waals surface area contributed by atoms with Crippen molar-refractivity contribution in [3.63, 3.8) is 0 Å². The molecule has 21 heavy (non-hydrogen) atoms. The zero-order chi connectivity index (χ0) is 15.3. The fourth-order valence-electron chi connectivity index (χ4n) is 2.08. The van der Waals surface area contributed by atoms with Crippen LogP contribution in [0.4, 0.5) is 13.2 Å². The van der Waals surface area contributed by atoms with Crippen LogP contribution in [0.3, 0.4) is 0 Å². The molecule has 0 saturated heterocycles. The second-order valence-electron chi connectivity index (χ2n) is 4.69. The smallest absolute Gasteiger partial charge is 0.309 e. The van der Waals surface area contributed by atoms with Gasteiger partial charge in [0.1, 0.15) is 0 Å². The molecule has 1 N–H and O–H groups in total. The monoisotopic (exact) mass is 333 g/mol. The number of halogens is 4. The second kappa shape index (κ2) is 7.29. The molecule has 0 aliphatic rings. The lowest BCUT2D eigenvalue weighted by atomic mass is 10.0. The van der Waals surface area contributed by atoms with Crippen molar-refractivity contribution in [1.82, 2.24) is 5.32 Å². The van der Waals surface area contributed by atoms with E-state index in [2.05, 4.69) is 5.32 Å². The molecule has 0 fully saturated rings. The lowest BCUT2D eigenvalue weighted by Crippen LogP contribution is -2.28. The van der Waals surface area contributed by atoms with Crippen LogP contribution in [-0.2, 0) is 6.42 Å². The van der Waals surface area contributed by atoms with E-state index in [4.69, 9.17) is 11.6 Å². The summed E-state index contributed by atoms with van der Waals surface area (Å²) in [5.41, 5.74) is 0.652. The van der Waals surface area contributed by atoms with Gasteiger partial charge in [-0.2, -0.15) is 13.2 Å². The second-order valence-corrected chi connectivity index (χ2v) is 6.49. The van der Waals surface area contributed by atoms with Crippen molar-refractivity contribution in [2.45, 2.75) is 25.1 Å². The molecule has 1 aromatic heterocycles. The standard InChI is InChI=1S/C15H15ClF3NS/c16-14-7-6-12(21-14)8-9-20-13(10-15(17,18)19)11-4-2-1-3-5-11/h1-7,13,20H,8-10H2. The number of hydrogen-bond donors (Lipinski definition) is 1. The van der Waals surface area contributed by atoms with Gasteiger partial charge in [0, 0.05) is 17.5 Å². The fraction of sp³-hybridized carbons (Fsp3) is 0.333. The molecular formula is C15H15ClF3NS. The van der Waals surface area contributed by atoms with E-state index in [1.54, 1.807) is 36.4 Å². The van der Waals surface area contributed by atoms with Gasteiger partial charge in [-0.05, 0) is 24.1 Å². The highest BCUT2D eigenvalue weighted by molar-refractivity contribution is 7.16. The maximum atomic E-state index is 12.7. The first-order valence-electron chi connectivity index (χ1n) is 6.53. The minimum absolute atomic E-state index is 0.479. The number of hydrogen-bond acceptors (Lipinski definition) is 2. The molecule has 6 heteroatoms. The highest BCUT2D eigenvalue weighted by Crippen LogP contribution is 2.29. The molecular weight excluding hydrogens is 319 g/mol. The van der Waals surface area contributed by atoms with Gasteiger partial charge in [-0.1, -0.05) is 41.9 Å². The first kappa shape index (κ1) is 16.3. The molecule has 1 atom stereocenters. The number of thiophene rings is 1. The summed E-state index contributed by atoms with van der Waals surface area (Å²) in [4.78, 5) is 1.06. The quantitative estimate of drug-likeness (QED) is 0.763. The Hall–Kier alpha value is -1.04. The first-order valence-corrected chi connectivity index (χ1v) is 7.73. The van der Waals surface area contributed by atoms with Gasteiger partial charge in [0.25, 0.3) is 0 Å². The number of benzene rings is 1. The topological polar surface area (TPSA) is 12.0 Å². The number of rotatable bonds is 6. The molecule has 0 aliphatic heterocycles. The van der Waals surface area contributed by atoms with Crippen LogP contribution in [0.2, 0.25) is 4.34 Å². The van der Waals surface area contributed by atoms with Gasteiger partial charge in [0.2, 0.25) is 0 Å². The van der Waals surface area contributed by atoms with Crippen molar-refractivity contribution in [2.24, 2.45) is 0 Å². The highest BCUT2D eigenvalue weighted by Gasteiger charge is 2.32. The Morgan fingerprint density at radius 1 is 1.10 bits per heavy atom. The zero-order valence-electron chi connectivity index (χ0n) is 11.2. The van der Waals surface area contributed by atoms with Crippen LogP contribution in [0.15, 0.2) is 42.5 Å². The van der Waals surface area contributed by atoms with Crippen LogP contribution in [0.1, 0.15) is 22.9 Å². The Labute approximate surface area is 130 Å². The molecule has 1 heterocycles. The Morgan fingerprint density at radius 2 is 1.81 bits per heavy atom. The molecule has 0 bridgehead atoms. The minimum Gasteiger partial charge on any atom is -0.309 e. The normalized spacial score (nSPS) is 13.3. The van der Waals surface area contributed by atoms with Gasteiger partial charge >= 0.3 is 6.18 Å². The van der Waals surface area contributed by atoms with E-state index in [1.807, 2.05) is 6.07 Å². The van der Waals surface area contributed by atoms with E-state index < -0.39 is 18.6 Å². The van der Waals surface area contributed by atoms with Crippen LogP contribution in [0.25, 0.3) is 0 Å². The molecule has 0 amide bonds. The summed E-state index contributed by atoms with van der Waals surface area (Å²) in [7, 11) is 0.